The Labute approximate surface area is 130 Å². The Bertz CT molecular complexity index is 729. The first-order valence-corrected chi connectivity index (χ1v) is 6.68. The molecule has 0 fully saturated rings. The molecule has 22 heavy (non-hydrogen) atoms. The van der Waals surface area contributed by atoms with Gasteiger partial charge in [-0.25, -0.2) is 4.98 Å². The SMILES string of the molecule is Cc1ccc(NC(=O)c2ccc(C(F)(F)F)nc2C)c(Cl)c1. The molecule has 7 heteroatoms. The van der Waals surface area contributed by atoms with Crippen LogP contribution in [0.4, 0.5) is 18.9 Å². The number of aryl methyl sites for hydroxylation is 2. The van der Waals surface area contributed by atoms with Crippen molar-refractivity contribution >= 4 is 23.2 Å². The zero-order chi connectivity index (χ0) is 16.5. The maximum Gasteiger partial charge on any atom is 0.433 e. The number of carbonyl (C=O) groups excluding carboxylic acids is 1. The number of nitrogens with zero attached hydrogens (tertiary/aromatic N) is 1. The molecule has 2 rings (SSSR count). The topological polar surface area (TPSA) is 42.0 Å². The first-order valence-electron chi connectivity index (χ1n) is 6.31. The van der Waals surface area contributed by atoms with E-state index in [1.807, 2.05) is 6.92 Å². The molecule has 1 amide bonds. The summed E-state index contributed by atoms with van der Waals surface area (Å²) < 4.78 is 37.7. The van der Waals surface area contributed by atoms with E-state index in [4.69, 9.17) is 11.6 Å². The Hall–Kier alpha value is -2.08. The van der Waals surface area contributed by atoms with Crippen LogP contribution in [0.2, 0.25) is 5.02 Å². The maximum absolute atomic E-state index is 12.6. The molecule has 0 saturated heterocycles. The molecule has 1 aromatic heterocycles. The zero-order valence-corrected chi connectivity index (χ0v) is 12.5. The van der Waals surface area contributed by atoms with Crippen LogP contribution in [0, 0.1) is 13.8 Å². The number of alkyl halides is 3. The van der Waals surface area contributed by atoms with Crippen molar-refractivity contribution in [2.24, 2.45) is 0 Å². The normalized spacial score (nSPS) is 11.4. The fourth-order valence-corrected chi connectivity index (χ4v) is 2.15. The van der Waals surface area contributed by atoms with Gasteiger partial charge in [-0.1, -0.05) is 17.7 Å². The molecule has 0 radical (unpaired) electrons. The lowest BCUT2D eigenvalue weighted by molar-refractivity contribution is -0.141. The third kappa shape index (κ3) is 3.57. The average molecular weight is 329 g/mol. The Morgan fingerprint density at radius 2 is 1.86 bits per heavy atom. The van der Waals surface area contributed by atoms with Crippen LogP contribution in [0.1, 0.15) is 27.3 Å². The lowest BCUT2D eigenvalue weighted by atomic mass is 10.1. The van der Waals surface area contributed by atoms with Gasteiger partial charge in [0.15, 0.2) is 0 Å². The van der Waals surface area contributed by atoms with E-state index >= 15 is 0 Å². The molecule has 0 spiro atoms. The highest BCUT2D eigenvalue weighted by atomic mass is 35.5. The minimum atomic E-state index is -4.54. The summed E-state index contributed by atoms with van der Waals surface area (Å²) in [5.74, 6) is -0.565. The van der Waals surface area contributed by atoms with Gasteiger partial charge in [0.05, 0.1) is 22.0 Å². The van der Waals surface area contributed by atoms with E-state index in [0.29, 0.717) is 10.7 Å². The summed E-state index contributed by atoms with van der Waals surface area (Å²) in [6.07, 6.45) is -4.54. The lowest BCUT2D eigenvalue weighted by Gasteiger charge is -2.11. The van der Waals surface area contributed by atoms with Gasteiger partial charge in [-0.15, -0.1) is 0 Å². The maximum atomic E-state index is 12.6. The van der Waals surface area contributed by atoms with Crippen LogP contribution in [0.5, 0.6) is 0 Å². The third-order valence-corrected chi connectivity index (χ3v) is 3.31. The van der Waals surface area contributed by atoms with Gasteiger partial charge < -0.3 is 5.32 Å². The van der Waals surface area contributed by atoms with Crippen molar-refractivity contribution in [3.63, 3.8) is 0 Å². The predicted octanol–water partition coefficient (Wildman–Crippen LogP) is 4.62. The minimum Gasteiger partial charge on any atom is -0.321 e. The van der Waals surface area contributed by atoms with Crippen molar-refractivity contribution in [3.8, 4) is 0 Å². The monoisotopic (exact) mass is 328 g/mol. The fourth-order valence-electron chi connectivity index (χ4n) is 1.87. The number of anilines is 1. The van der Waals surface area contributed by atoms with E-state index in [2.05, 4.69) is 10.3 Å². The quantitative estimate of drug-likeness (QED) is 0.873. The molecule has 0 atom stereocenters. The number of hydrogen-bond acceptors (Lipinski definition) is 2. The molecule has 0 unspecified atom stereocenters. The van der Waals surface area contributed by atoms with E-state index in [1.165, 1.54) is 6.92 Å². The van der Waals surface area contributed by atoms with E-state index < -0.39 is 17.8 Å². The van der Waals surface area contributed by atoms with Gasteiger partial charge in [0, 0.05) is 0 Å². The number of amides is 1. The van der Waals surface area contributed by atoms with Gasteiger partial charge in [0.1, 0.15) is 5.69 Å². The van der Waals surface area contributed by atoms with Crippen molar-refractivity contribution < 1.29 is 18.0 Å². The van der Waals surface area contributed by atoms with Crippen molar-refractivity contribution in [3.05, 3.63) is 57.9 Å². The van der Waals surface area contributed by atoms with Crippen molar-refractivity contribution in [1.82, 2.24) is 4.98 Å². The molecular formula is C15H12ClF3N2O. The third-order valence-electron chi connectivity index (χ3n) is 2.99. The molecule has 3 nitrogen and oxygen atoms in total. The van der Waals surface area contributed by atoms with Crippen molar-refractivity contribution in [2.75, 3.05) is 5.32 Å². The lowest BCUT2D eigenvalue weighted by Crippen LogP contribution is -2.16. The summed E-state index contributed by atoms with van der Waals surface area (Å²) in [6.45, 7) is 3.20. The second-order valence-electron chi connectivity index (χ2n) is 4.76. The molecule has 1 N–H and O–H groups in total. The van der Waals surface area contributed by atoms with Crippen LogP contribution in [0.3, 0.4) is 0 Å². The smallest absolute Gasteiger partial charge is 0.321 e. The Morgan fingerprint density at radius 1 is 1.18 bits per heavy atom. The number of halogens is 4. The molecule has 116 valence electrons. The van der Waals surface area contributed by atoms with Gasteiger partial charge >= 0.3 is 6.18 Å². The summed E-state index contributed by atoms with van der Waals surface area (Å²) in [5, 5.41) is 2.91. The van der Waals surface area contributed by atoms with Crippen LogP contribution >= 0.6 is 11.6 Å². The van der Waals surface area contributed by atoms with Gasteiger partial charge in [0.2, 0.25) is 0 Å². The summed E-state index contributed by atoms with van der Waals surface area (Å²) >= 11 is 6.01. The highest BCUT2D eigenvalue weighted by Gasteiger charge is 2.33. The molecule has 0 saturated carbocycles. The second-order valence-corrected chi connectivity index (χ2v) is 5.17. The minimum absolute atomic E-state index is 0.00411. The predicted molar refractivity (Wildman–Crippen MR) is 78.1 cm³/mol. The van der Waals surface area contributed by atoms with Gasteiger partial charge in [0.25, 0.3) is 5.91 Å². The number of carbonyl (C=O) groups is 1. The number of rotatable bonds is 2. The van der Waals surface area contributed by atoms with E-state index in [0.717, 1.165) is 17.7 Å². The number of benzene rings is 1. The van der Waals surface area contributed by atoms with E-state index in [9.17, 15) is 18.0 Å². The van der Waals surface area contributed by atoms with Crippen LogP contribution in [-0.2, 0) is 6.18 Å². The summed E-state index contributed by atoms with van der Waals surface area (Å²) in [7, 11) is 0. The zero-order valence-electron chi connectivity index (χ0n) is 11.8. The van der Waals surface area contributed by atoms with Crippen molar-refractivity contribution in [2.45, 2.75) is 20.0 Å². The van der Waals surface area contributed by atoms with Crippen molar-refractivity contribution in [1.29, 1.82) is 0 Å². The molecule has 0 aliphatic carbocycles. The summed E-state index contributed by atoms with van der Waals surface area (Å²) in [4.78, 5) is 15.6. The van der Waals surface area contributed by atoms with E-state index in [1.54, 1.807) is 18.2 Å². The molecular weight excluding hydrogens is 317 g/mol. The molecule has 1 heterocycles. The molecule has 1 aromatic carbocycles. The number of hydrogen-bond donors (Lipinski definition) is 1. The molecule has 0 aliphatic heterocycles. The second kappa shape index (κ2) is 5.96. The number of aromatic nitrogens is 1. The first-order chi connectivity index (χ1) is 10.2. The van der Waals surface area contributed by atoms with Crippen LogP contribution in [0.15, 0.2) is 30.3 Å². The van der Waals surface area contributed by atoms with Crippen LogP contribution in [0.25, 0.3) is 0 Å². The van der Waals surface area contributed by atoms with Crippen LogP contribution < -0.4 is 5.32 Å². The Morgan fingerprint density at radius 3 is 2.41 bits per heavy atom. The fraction of sp³-hybridized carbons (Fsp3) is 0.200. The van der Waals surface area contributed by atoms with Gasteiger partial charge in [-0.2, -0.15) is 13.2 Å². The Kier molecular flexibility index (Phi) is 4.42. The molecule has 2 aromatic rings. The Balaban J connectivity index is 2.26. The highest BCUT2D eigenvalue weighted by molar-refractivity contribution is 6.34. The highest BCUT2D eigenvalue weighted by Crippen LogP contribution is 2.28. The summed E-state index contributed by atoms with van der Waals surface area (Å²) in [5.41, 5.74) is 0.335. The first kappa shape index (κ1) is 16.3. The average Bonchev–Trinajstić information content (AvgIpc) is 2.40. The van der Waals surface area contributed by atoms with Gasteiger partial charge in [-0.3, -0.25) is 4.79 Å². The standard InChI is InChI=1S/C15H12ClF3N2O/c1-8-3-5-12(11(16)7-8)21-14(22)10-4-6-13(15(17,18)19)20-9(10)2/h3-7H,1-2H3,(H,21,22). The van der Waals surface area contributed by atoms with Gasteiger partial charge in [-0.05, 0) is 43.7 Å². The largest absolute Gasteiger partial charge is 0.433 e. The molecule has 0 bridgehead atoms. The van der Waals surface area contributed by atoms with E-state index in [-0.39, 0.29) is 11.3 Å². The molecule has 0 aliphatic rings. The van der Waals surface area contributed by atoms with Crippen LogP contribution in [-0.4, -0.2) is 10.9 Å². The number of nitrogens with one attached hydrogen (secondary N) is 1. The number of pyridine rings is 1. The summed E-state index contributed by atoms with van der Waals surface area (Å²) in [6, 6.07) is 6.94.